The van der Waals surface area contributed by atoms with Crippen LogP contribution in [0, 0.1) is 0 Å². The molecule has 1 aromatic carbocycles. The molecule has 0 heterocycles. The summed E-state index contributed by atoms with van der Waals surface area (Å²) in [4.78, 5) is 0. The lowest BCUT2D eigenvalue weighted by molar-refractivity contribution is 0.418. The molecule has 0 fully saturated rings. The van der Waals surface area contributed by atoms with E-state index in [4.69, 9.17) is 23.2 Å². The zero-order chi connectivity index (χ0) is 13.6. The summed E-state index contributed by atoms with van der Waals surface area (Å²) in [5, 5.41) is 8.32. The van der Waals surface area contributed by atoms with E-state index in [2.05, 4.69) is 31.4 Å². The third-order valence-corrected chi connectivity index (χ3v) is 3.11. The van der Waals surface area contributed by atoms with Gasteiger partial charge in [0.25, 0.3) is 0 Å². The summed E-state index contributed by atoms with van der Waals surface area (Å²) in [6.07, 6.45) is 1.09. The smallest absolute Gasteiger partial charge is 0.0451 e. The van der Waals surface area contributed by atoms with Crippen LogP contribution in [0.4, 0.5) is 0 Å². The molecule has 18 heavy (non-hydrogen) atoms. The van der Waals surface area contributed by atoms with Gasteiger partial charge in [-0.1, -0.05) is 23.2 Å². The minimum absolute atomic E-state index is 0.191. The van der Waals surface area contributed by atoms with Gasteiger partial charge in [0.05, 0.1) is 0 Å². The van der Waals surface area contributed by atoms with E-state index in [-0.39, 0.29) is 5.54 Å². The Morgan fingerprint density at radius 1 is 1.11 bits per heavy atom. The van der Waals surface area contributed by atoms with Crippen LogP contribution in [-0.4, -0.2) is 18.6 Å². The summed E-state index contributed by atoms with van der Waals surface area (Å²) in [5.41, 5.74) is 1.24. The molecule has 0 bridgehead atoms. The molecule has 1 rings (SSSR count). The van der Waals surface area contributed by atoms with Gasteiger partial charge >= 0.3 is 0 Å². The second-order valence-electron chi connectivity index (χ2n) is 5.44. The summed E-state index contributed by atoms with van der Waals surface area (Å²) >= 11 is 12.0. The fourth-order valence-corrected chi connectivity index (χ4v) is 1.96. The molecule has 0 unspecified atom stereocenters. The van der Waals surface area contributed by atoms with Crippen molar-refractivity contribution in [3.63, 3.8) is 0 Å². The molecule has 0 aliphatic rings. The fourth-order valence-electron chi connectivity index (χ4n) is 1.58. The largest absolute Gasteiger partial charge is 0.313 e. The molecule has 1 aromatic rings. The van der Waals surface area contributed by atoms with E-state index in [0.29, 0.717) is 0 Å². The molecule has 2 nitrogen and oxygen atoms in total. The lowest BCUT2D eigenvalue weighted by Gasteiger charge is -2.20. The van der Waals surface area contributed by atoms with Crippen molar-refractivity contribution >= 4 is 23.2 Å². The number of hydrogen-bond acceptors (Lipinski definition) is 2. The van der Waals surface area contributed by atoms with Crippen LogP contribution >= 0.6 is 23.2 Å². The number of halogens is 2. The molecular formula is C14H22Cl2N2. The van der Waals surface area contributed by atoms with E-state index in [1.165, 1.54) is 0 Å². The topological polar surface area (TPSA) is 24.1 Å². The van der Waals surface area contributed by atoms with Gasteiger partial charge in [0.15, 0.2) is 0 Å². The average Bonchev–Trinajstić information content (AvgIpc) is 2.26. The molecule has 0 atom stereocenters. The fraction of sp³-hybridized carbons (Fsp3) is 0.571. The second-order valence-corrected chi connectivity index (χ2v) is 6.29. The van der Waals surface area contributed by atoms with E-state index < -0.39 is 0 Å². The van der Waals surface area contributed by atoms with Crippen LogP contribution in [0.1, 0.15) is 32.8 Å². The van der Waals surface area contributed by atoms with E-state index in [0.717, 1.165) is 41.7 Å². The Bertz CT molecular complexity index is 373. The molecule has 0 aromatic heterocycles. The Morgan fingerprint density at radius 3 is 2.50 bits per heavy atom. The standard InChI is InChI=1S/C14H22Cl2N2/c1-14(2,3)18-8-4-7-17-10-11-9-12(15)5-6-13(11)16/h5-6,9,17-18H,4,7-8,10H2,1-3H3. The molecule has 0 spiro atoms. The molecule has 0 radical (unpaired) electrons. The SMILES string of the molecule is CC(C)(C)NCCCNCc1cc(Cl)ccc1Cl. The van der Waals surface area contributed by atoms with E-state index in [1.54, 1.807) is 6.07 Å². The lowest BCUT2D eigenvalue weighted by atomic mass is 10.1. The van der Waals surface area contributed by atoms with Gasteiger partial charge < -0.3 is 10.6 Å². The monoisotopic (exact) mass is 288 g/mol. The van der Waals surface area contributed by atoms with Crippen molar-refractivity contribution in [2.24, 2.45) is 0 Å². The maximum Gasteiger partial charge on any atom is 0.0451 e. The zero-order valence-corrected chi connectivity index (χ0v) is 12.8. The highest BCUT2D eigenvalue weighted by molar-refractivity contribution is 6.33. The number of nitrogens with one attached hydrogen (secondary N) is 2. The maximum atomic E-state index is 6.09. The van der Waals surface area contributed by atoms with E-state index in [9.17, 15) is 0 Å². The normalized spacial score (nSPS) is 11.8. The quantitative estimate of drug-likeness (QED) is 0.777. The molecule has 2 N–H and O–H groups in total. The Morgan fingerprint density at radius 2 is 1.83 bits per heavy atom. The van der Waals surface area contributed by atoms with E-state index >= 15 is 0 Å². The first-order chi connectivity index (χ1) is 8.38. The molecule has 4 heteroatoms. The summed E-state index contributed by atoms with van der Waals surface area (Å²) < 4.78 is 0. The van der Waals surface area contributed by atoms with Crippen LogP contribution in [0.2, 0.25) is 10.0 Å². The third-order valence-electron chi connectivity index (χ3n) is 2.51. The van der Waals surface area contributed by atoms with Crippen molar-refractivity contribution in [1.82, 2.24) is 10.6 Å². The van der Waals surface area contributed by atoms with Crippen LogP contribution in [0.3, 0.4) is 0 Å². The van der Waals surface area contributed by atoms with Gasteiger partial charge in [-0.15, -0.1) is 0 Å². The predicted octanol–water partition coefficient (Wildman–Crippen LogP) is 3.86. The van der Waals surface area contributed by atoms with Crippen molar-refractivity contribution in [3.8, 4) is 0 Å². The van der Waals surface area contributed by atoms with Gasteiger partial charge in [0.2, 0.25) is 0 Å². The molecule has 0 saturated carbocycles. The maximum absolute atomic E-state index is 6.09. The minimum atomic E-state index is 0.191. The van der Waals surface area contributed by atoms with Gasteiger partial charge in [0, 0.05) is 22.1 Å². The van der Waals surface area contributed by atoms with Crippen molar-refractivity contribution in [3.05, 3.63) is 33.8 Å². The Hall–Kier alpha value is -0.280. The summed E-state index contributed by atoms with van der Waals surface area (Å²) in [7, 11) is 0. The minimum Gasteiger partial charge on any atom is -0.313 e. The zero-order valence-electron chi connectivity index (χ0n) is 11.3. The highest BCUT2D eigenvalue weighted by Gasteiger charge is 2.07. The summed E-state index contributed by atoms with van der Waals surface area (Å²) in [6.45, 7) is 9.26. The predicted molar refractivity (Wildman–Crippen MR) is 80.5 cm³/mol. The average molecular weight is 289 g/mol. The van der Waals surface area contributed by atoms with Crippen molar-refractivity contribution in [1.29, 1.82) is 0 Å². The molecule has 0 amide bonds. The second kappa shape index (κ2) is 7.34. The molecule has 102 valence electrons. The van der Waals surface area contributed by atoms with Crippen LogP contribution in [0.15, 0.2) is 18.2 Å². The Kier molecular flexibility index (Phi) is 6.44. The summed E-state index contributed by atoms with van der Waals surface area (Å²) in [6, 6.07) is 5.55. The summed E-state index contributed by atoms with van der Waals surface area (Å²) in [5.74, 6) is 0. The first kappa shape index (κ1) is 15.8. The van der Waals surface area contributed by atoms with Crippen molar-refractivity contribution < 1.29 is 0 Å². The van der Waals surface area contributed by atoms with Crippen molar-refractivity contribution in [2.45, 2.75) is 39.3 Å². The number of rotatable bonds is 6. The first-order valence-corrected chi connectivity index (χ1v) is 7.04. The van der Waals surface area contributed by atoms with Gasteiger partial charge in [-0.2, -0.15) is 0 Å². The molecule has 0 aliphatic carbocycles. The highest BCUT2D eigenvalue weighted by atomic mass is 35.5. The number of benzene rings is 1. The molecule has 0 aliphatic heterocycles. The van der Waals surface area contributed by atoms with Crippen LogP contribution in [-0.2, 0) is 6.54 Å². The van der Waals surface area contributed by atoms with Crippen LogP contribution in [0.25, 0.3) is 0 Å². The first-order valence-electron chi connectivity index (χ1n) is 6.28. The van der Waals surface area contributed by atoms with Gasteiger partial charge in [0.1, 0.15) is 0 Å². The van der Waals surface area contributed by atoms with Gasteiger partial charge in [-0.25, -0.2) is 0 Å². The van der Waals surface area contributed by atoms with Gasteiger partial charge in [-0.05, 0) is 64.0 Å². The highest BCUT2D eigenvalue weighted by Crippen LogP contribution is 2.20. The Labute approximate surface area is 120 Å². The third kappa shape index (κ3) is 6.60. The van der Waals surface area contributed by atoms with Crippen LogP contribution < -0.4 is 10.6 Å². The lowest BCUT2D eigenvalue weighted by Crippen LogP contribution is -2.37. The Balaban J connectivity index is 2.20. The van der Waals surface area contributed by atoms with Crippen LogP contribution in [0.5, 0.6) is 0 Å². The molecular weight excluding hydrogens is 267 g/mol. The molecule has 0 saturated heterocycles. The van der Waals surface area contributed by atoms with Crippen molar-refractivity contribution in [2.75, 3.05) is 13.1 Å². The number of hydrogen-bond donors (Lipinski definition) is 2. The van der Waals surface area contributed by atoms with E-state index in [1.807, 2.05) is 12.1 Å². The van der Waals surface area contributed by atoms with Gasteiger partial charge in [-0.3, -0.25) is 0 Å².